The van der Waals surface area contributed by atoms with Gasteiger partial charge in [-0.15, -0.1) is 0 Å². The van der Waals surface area contributed by atoms with Gasteiger partial charge in [-0.05, 0) is 31.0 Å². The second-order valence-electron chi connectivity index (χ2n) is 5.18. The third-order valence-corrected chi connectivity index (χ3v) is 7.12. The van der Waals surface area contributed by atoms with E-state index in [1.807, 2.05) is 36.4 Å². The molecule has 0 N–H and O–H groups in total. The van der Waals surface area contributed by atoms with E-state index in [1.165, 1.54) is 0 Å². The van der Waals surface area contributed by atoms with Crippen molar-refractivity contribution in [2.24, 2.45) is 0 Å². The Kier molecular flexibility index (Phi) is 3.89. The number of rotatable bonds is 3. The second-order valence-corrected chi connectivity index (χ2v) is 8.00. The van der Waals surface area contributed by atoms with Crippen molar-refractivity contribution in [1.29, 1.82) is 0 Å². The molecule has 0 saturated heterocycles. The Morgan fingerprint density at radius 2 is 1.80 bits per heavy atom. The highest BCUT2D eigenvalue weighted by molar-refractivity contribution is 7.79. The van der Waals surface area contributed by atoms with Crippen molar-refractivity contribution in [2.45, 2.75) is 25.7 Å². The predicted molar refractivity (Wildman–Crippen MR) is 86.6 cm³/mol. The lowest BCUT2D eigenvalue weighted by atomic mass is 10.2. The molecular weight excluding hydrogens is 263 g/mol. The summed E-state index contributed by atoms with van der Waals surface area (Å²) >= 11 is 0. The van der Waals surface area contributed by atoms with E-state index >= 15 is 0 Å². The molecule has 0 aliphatic heterocycles. The number of benzene rings is 1. The molecule has 0 amide bonds. The average Bonchev–Trinajstić information content (AvgIpc) is 2.56. The van der Waals surface area contributed by atoms with Crippen LogP contribution in [0.4, 0.5) is 0 Å². The normalized spacial score (nSPS) is 21.0. The summed E-state index contributed by atoms with van der Waals surface area (Å²) < 4.78 is 13.9. The predicted octanol–water partition coefficient (Wildman–Crippen LogP) is 5.14. The lowest BCUT2D eigenvalue weighted by molar-refractivity contribution is 0.587. The number of hydrogen-bond acceptors (Lipinski definition) is 1. The molecule has 0 radical (unpaired) electrons. The summed E-state index contributed by atoms with van der Waals surface area (Å²) in [5, 5.41) is 3.06. The van der Waals surface area contributed by atoms with Gasteiger partial charge in [0.2, 0.25) is 0 Å². The molecule has 0 saturated carbocycles. The van der Waals surface area contributed by atoms with E-state index in [1.54, 1.807) is 0 Å². The SMILES string of the molecule is O=P(C1=CCCC=C1)(C1=CC=CCC1)c1ccccc1. The van der Waals surface area contributed by atoms with E-state index in [9.17, 15) is 4.57 Å². The second kappa shape index (κ2) is 5.81. The summed E-state index contributed by atoms with van der Waals surface area (Å²) in [5.41, 5.74) is 0. The number of hydrogen-bond donors (Lipinski definition) is 0. The van der Waals surface area contributed by atoms with Crippen molar-refractivity contribution in [3.05, 3.63) is 77.4 Å². The van der Waals surface area contributed by atoms with Gasteiger partial charge in [0.25, 0.3) is 0 Å². The minimum atomic E-state index is -2.64. The Labute approximate surface area is 120 Å². The topological polar surface area (TPSA) is 17.1 Å². The fourth-order valence-electron chi connectivity index (χ4n) is 2.80. The van der Waals surface area contributed by atoms with Crippen molar-refractivity contribution in [3.63, 3.8) is 0 Å². The van der Waals surface area contributed by atoms with Crippen LogP contribution in [-0.2, 0) is 4.57 Å². The molecule has 2 aliphatic carbocycles. The van der Waals surface area contributed by atoms with E-state index < -0.39 is 7.14 Å². The van der Waals surface area contributed by atoms with Gasteiger partial charge in [0, 0.05) is 10.6 Å². The van der Waals surface area contributed by atoms with E-state index in [-0.39, 0.29) is 0 Å². The fraction of sp³-hybridized carbons (Fsp3) is 0.222. The summed E-state index contributed by atoms with van der Waals surface area (Å²) in [4.78, 5) is 0. The highest BCUT2D eigenvalue weighted by Crippen LogP contribution is 2.62. The molecule has 1 atom stereocenters. The van der Waals surface area contributed by atoms with Crippen LogP contribution in [0, 0.1) is 0 Å². The monoisotopic (exact) mass is 282 g/mol. The summed E-state index contributed by atoms with van der Waals surface area (Å²) in [6.45, 7) is 0. The van der Waals surface area contributed by atoms with Gasteiger partial charge in [-0.1, -0.05) is 66.8 Å². The van der Waals surface area contributed by atoms with Crippen molar-refractivity contribution in [1.82, 2.24) is 0 Å². The average molecular weight is 282 g/mol. The van der Waals surface area contributed by atoms with Crippen LogP contribution in [0.25, 0.3) is 0 Å². The van der Waals surface area contributed by atoms with Crippen LogP contribution in [0.1, 0.15) is 25.7 Å². The summed E-state index contributed by atoms with van der Waals surface area (Å²) in [6.07, 6.45) is 16.5. The van der Waals surface area contributed by atoms with E-state index in [0.717, 1.165) is 41.6 Å². The van der Waals surface area contributed by atoms with Gasteiger partial charge in [0.1, 0.15) is 0 Å². The van der Waals surface area contributed by atoms with Crippen LogP contribution >= 0.6 is 7.14 Å². The molecule has 1 nitrogen and oxygen atoms in total. The van der Waals surface area contributed by atoms with Gasteiger partial charge in [0.15, 0.2) is 7.14 Å². The molecule has 20 heavy (non-hydrogen) atoms. The lowest BCUT2D eigenvalue weighted by Crippen LogP contribution is -2.09. The molecule has 1 aromatic rings. The molecular formula is C18H19OP. The molecule has 0 aromatic heterocycles. The third-order valence-electron chi connectivity index (χ3n) is 3.86. The standard InChI is InChI=1S/C18H19OP/c19-20(16-10-4-1-5-11-16,17-12-6-2-7-13-17)18-14-8-3-9-15-18/h1-2,4-6,8,10-12,14-15H,3,7,9,13H2. The maximum atomic E-state index is 13.9. The molecule has 3 rings (SSSR count). The van der Waals surface area contributed by atoms with E-state index in [4.69, 9.17) is 0 Å². The molecule has 0 fully saturated rings. The first-order chi connectivity index (χ1) is 9.82. The first-order valence-electron chi connectivity index (χ1n) is 7.21. The third kappa shape index (κ3) is 2.39. The largest absolute Gasteiger partial charge is 0.309 e. The minimum absolute atomic E-state index is 0.897. The van der Waals surface area contributed by atoms with Crippen LogP contribution in [0.3, 0.4) is 0 Å². The van der Waals surface area contributed by atoms with Crippen LogP contribution in [0.15, 0.2) is 77.4 Å². The van der Waals surface area contributed by atoms with Gasteiger partial charge in [-0.25, -0.2) is 0 Å². The van der Waals surface area contributed by atoms with E-state index in [2.05, 4.69) is 30.4 Å². The number of allylic oxidation sites excluding steroid dienone is 8. The van der Waals surface area contributed by atoms with Gasteiger partial charge in [-0.2, -0.15) is 0 Å². The zero-order valence-electron chi connectivity index (χ0n) is 11.5. The minimum Gasteiger partial charge on any atom is -0.309 e. The summed E-state index contributed by atoms with van der Waals surface area (Å²) in [5.74, 6) is 0. The molecule has 102 valence electrons. The van der Waals surface area contributed by atoms with Crippen LogP contribution < -0.4 is 5.30 Å². The van der Waals surface area contributed by atoms with Crippen LogP contribution in [-0.4, -0.2) is 0 Å². The van der Waals surface area contributed by atoms with Crippen molar-refractivity contribution < 1.29 is 4.57 Å². The highest BCUT2D eigenvalue weighted by atomic mass is 31.2. The molecule has 2 heteroatoms. The maximum Gasteiger partial charge on any atom is 0.166 e. The zero-order valence-corrected chi connectivity index (χ0v) is 12.4. The summed E-state index contributed by atoms with van der Waals surface area (Å²) in [6, 6.07) is 9.95. The molecule has 1 unspecified atom stereocenters. The van der Waals surface area contributed by atoms with E-state index in [0.29, 0.717) is 0 Å². The van der Waals surface area contributed by atoms with Crippen molar-refractivity contribution in [2.75, 3.05) is 0 Å². The fourth-order valence-corrected chi connectivity index (χ4v) is 5.80. The lowest BCUT2D eigenvalue weighted by Gasteiger charge is -2.25. The summed E-state index contributed by atoms with van der Waals surface area (Å²) in [7, 11) is -2.64. The first kappa shape index (κ1) is 13.4. The van der Waals surface area contributed by atoms with Crippen molar-refractivity contribution >= 4 is 12.4 Å². The van der Waals surface area contributed by atoms with Crippen LogP contribution in [0.5, 0.6) is 0 Å². The molecule has 1 aromatic carbocycles. The smallest absolute Gasteiger partial charge is 0.166 e. The molecule has 0 bridgehead atoms. The quantitative estimate of drug-likeness (QED) is 0.701. The van der Waals surface area contributed by atoms with Gasteiger partial charge < -0.3 is 4.57 Å². The maximum absolute atomic E-state index is 13.9. The molecule has 2 aliphatic rings. The van der Waals surface area contributed by atoms with Crippen molar-refractivity contribution in [3.8, 4) is 0 Å². The van der Waals surface area contributed by atoms with Crippen LogP contribution in [0.2, 0.25) is 0 Å². The molecule has 0 heterocycles. The van der Waals surface area contributed by atoms with Gasteiger partial charge in [0.05, 0.1) is 0 Å². The van der Waals surface area contributed by atoms with Gasteiger partial charge >= 0.3 is 0 Å². The highest BCUT2D eigenvalue weighted by Gasteiger charge is 2.32. The Morgan fingerprint density at radius 1 is 0.950 bits per heavy atom. The molecule has 0 spiro atoms. The van der Waals surface area contributed by atoms with Gasteiger partial charge in [-0.3, -0.25) is 0 Å². The Bertz CT molecular complexity index is 647. The Hall–Kier alpha value is -1.59. The zero-order chi connectivity index (χ0) is 13.8. The first-order valence-corrected chi connectivity index (χ1v) is 8.92. The Morgan fingerprint density at radius 3 is 2.45 bits per heavy atom. The Balaban J connectivity index is 2.15.